The van der Waals surface area contributed by atoms with Crippen LogP contribution >= 0.6 is 11.6 Å². The molecule has 2 aliphatic rings. The molecule has 4 rings (SSSR count). The SMILES string of the molecule is COc1cc([C@@H]2C(C#N)=C(N)N(c3cccc(Cl)c3C)C3=C2C(=O)CC(C)(C)C3)cc(OC)c1OC. The lowest BCUT2D eigenvalue weighted by Crippen LogP contribution is -2.42. The first kappa shape index (κ1) is 25.5. The fourth-order valence-corrected chi connectivity index (χ4v) is 5.39. The Morgan fingerprint density at radius 1 is 1.11 bits per heavy atom. The molecule has 36 heavy (non-hydrogen) atoms. The number of carbonyl (C=O) groups excluding carboxylic acids is 1. The number of nitrogens with two attached hydrogens (primary N) is 1. The standard InChI is InChI=1S/C28H30ClN3O4/c1-15-18(29)8-7-9-19(15)32-20-12-28(2,3)13-21(33)25(20)24(17(14-30)27(32)31)16-10-22(34-4)26(36-6)23(11-16)35-5/h7-11,24H,12-13,31H2,1-6H3/t24-/m1/s1. The zero-order chi connectivity index (χ0) is 26.4. The van der Waals surface area contributed by atoms with Gasteiger partial charge in [0.25, 0.3) is 0 Å². The third-order valence-electron chi connectivity index (χ3n) is 6.88. The van der Waals surface area contributed by atoms with Gasteiger partial charge in [0.05, 0.1) is 44.6 Å². The fraction of sp³-hybridized carbons (Fsp3) is 0.357. The smallest absolute Gasteiger partial charge is 0.203 e. The van der Waals surface area contributed by atoms with Crippen LogP contribution in [-0.4, -0.2) is 27.1 Å². The lowest BCUT2D eigenvalue weighted by atomic mass is 9.68. The van der Waals surface area contributed by atoms with Gasteiger partial charge in [0, 0.05) is 22.7 Å². The molecule has 188 valence electrons. The number of hydrogen-bond acceptors (Lipinski definition) is 7. The number of anilines is 1. The van der Waals surface area contributed by atoms with Crippen molar-refractivity contribution in [1.29, 1.82) is 5.26 Å². The van der Waals surface area contributed by atoms with Gasteiger partial charge < -0.3 is 19.9 Å². The van der Waals surface area contributed by atoms with E-state index < -0.39 is 5.92 Å². The van der Waals surface area contributed by atoms with Crippen LogP contribution in [0.3, 0.4) is 0 Å². The molecule has 7 nitrogen and oxygen atoms in total. The highest BCUT2D eigenvalue weighted by Gasteiger charge is 2.45. The van der Waals surface area contributed by atoms with Crippen molar-refractivity contribution >= 4 is 23.1 Å². The molecule has 1 atom stereocenters. The molecule has 0 radical (unpaired) electrons. The highest BCUT2D eigenvalue weighted by atomic mass is 35.5. The summed E-state index contributed by atoms with van der Waals surface area (Å²) in [6, 6.07) is 11.4. The van der Waals surface area contributed by atoms with Crippen LogP contribution < -0.4 is 24.8 Å². The third-order valence-corrected chi connectivity index (χ3v) is 7.29. The maximum atomic E-state index is 13.8. The van der Waals surface area contributed by atoms with Crippen LogP contribution in [0.25, 0.3) is 0 Å². The lowest BCUT2D eigenvalue weighted by molar-refractivity contribution is -0.118. The maximum absolute atomic E-state index is 13.8. The lowest BCUT2D eigenvalue weighted by Gasteiger charge is -2.44. The van der Waals surface area contributed by atoms with Crippen molar-refractivity contribution < 1.29 is 19.0 Å². The van der Waals surface area contributed by atoms with E-state index in [9.17, 15) is 10.1 Å². The van der Waals surface area contributed by atoms with Gasteiger partial charge in [0.1, 0.15) is 5.82 Å². The zero-order valence-corrected chi connectivity index (χ0v) is 22.1. The molecule has 2 aromatic carbocycles. The van der Waals surface area contributed by atoms with Crippen molar-refractivity contribution in [3.8, 4) is 23.3 Å². The molecule has 0 bridgehead atoms. The molecule has 0 spiro atoms. The Hall–Kier alpha value is -3.63. The maximum Gasteiger partial charge on any atom is 0.203 e. The van der Waals surface area contributed by atoms with E-state index in [0.29, 0.717) is 46.2 Å². The van der Waals surface area contributed by atoms with Crippen LogP contribution in [0, 0.1) is 23.7 Å². The Morgan fingerprint density at radius 3 is 2.31 bits per heavy atom. The molecular formula is C28H30ClN3O4. The first-order chi connectivity index (χ1) is 17.1. The molecular weight excluding hydrogens is 478 g/mol. The van der Waals surface area contributed by atoms with E-state index in [2.05, 4.69) is 19.9 Å². The molecule has 2 N–H and O–H groups in total. The molecule has 0 unspecified atom stereocenters. The summed E-state index contributed by atoms with van der Waals surface area (Å²) in [6.07, 6.45) is 0.952. The van der Waals surface area contributed by atoms with Crippen LogP contribution in [-0.2, 0) is 4.79 Å². The van der Waals surface area contributed by atoms with Gasteiger partial charge in [-0.1, -0.05) is 31.5 Å². The van der Waals surface area contributed by atoms with Crippen molar-refractivity contribution in [2.24, 2.45) is 11.1 Å². The van der Waals surface area contributed by atoms with Gasteiger partial charge in [-0.25, -0.2) is 0 Å². The van der Waals surface area contributed by atoms with E-state index in [4.69, 9.17) is 31.5 Å². The number of methoxy groups -OCH3 is 3. The van der Waals surface area contributed by atoms with Crippen molar-refractivity contribution in [3.05, 3.63) is 69.1 Å². The highest BCUT2D eigenvalue weighted by molar-refractivity contribution is 6.31. The summed E-state index contributed by atoms with van der Waals surface area (Å²) in [6.45, 7) is 6.02. The zero-order valence-electron chi connectivity index (χ0n) is 21.4. The van der Waals surface area contributed by atoms with Crippen molar-refractivity contribution in [2.45, 2.75) is 39.5 Å². The van der Waals surface area contributed by atoms with Crippen molar-refractivity contribution in [2.75, 3.05) is 26.2 Å². The molecule has 0 amide bonds. The number of nitrogens with zero attached hydrogens (tertiary/aromatic N) is 2. The number of ketones is 1. The number of ether oxygens (including phenoxy) is 3. The molecule has 1 aliphatic heterocycles. The minimum absolute atomic E-state index is 0.0232. The Labute approximate surface area is 216 Å². The summed E-state index contributed by atoms with van der Waals surface area (Å²) >= 11 is 6.46. The predicted molar refractivity (Wildman–Crippen MR) is 139 cm³/mol. The van der Waals surface area contributed by atoms with E-state index in [1.807, 2.05) is 24.0 Å². The summed E-state index contributed by atoms with van der Waals surface area (Å²) in [4.78, 5) is 15.6. The number of nitriles is 1. The number of carbonyl (C=O) groups is 1. The van der Waals surface area contributed by atoms with Gasteiger partial charge in [-0.15, -0.1) is 0 Å². The minimum atomic E-state index is -0.682. The van der Waals surface area contributed by atoms with E-state index in [-0.39, 0.29) is 22.6 Å². The highest BCUT2D eigenvalue weighted by Crippen LogP contribution is 2.52. The molecule has 0 saturated heterocycles. The van der Waals surface area contributed by atoms with Crippen molar-refractivity contribution in [1.82, 2.24) is 0 Å². The number of rotatable bonds is 5. The number of Topliss-reactive ketones (excluding diaryl/α,β-unsaturated/α-hetero) is 1. The quantitative estimate of drug-likeness (QED) is 0.561. The van der Waals surface area contributed by atoms with Crippen LogP contribution in [0.5, 0.6) is 17.2 Å². The number of hydrogen-bond donors (Lipinski definition) is 1. The molecule has 0 saturated carbocycles. The third kappa shape index (κ3) is 4.06. The van der Waals surface area contributed by atoms with Gasteiger partial charge in [-0.3, -0.25) is 9.69 Å². The number of allylic oxidation sites excluding steroid dienone is 3. The molecule has 1 heterocycles. The first-order valence-corrected chi connectivity index (χ1v) is 12.0. The Bertz CT molecular complexity index is 1330. The molecule has 1 aliphatic carbocycles. The number of benzene rings is 2. The summed E-state index contributed by atoms with van der Waals surface area (Å²) < 4.78 is 16.6. The topological polar surface area (TPSA) is 97.8 Å². The second-order valence-electron chi connectivity index (χ2n) is 9.82. The Balaban J connectivity index is 2.06. The summed E-state index contributed by atoms with van der Waals surface area (Å²) in [5.41, 5.74) is 10.3. The molecule has 0 aromatic heterocycles. The average molecular weight is 508 g/mol. The minimum Gasteiger partial charge on any atom is -0.493 e. The van der Waals surface area contributed by atoms with Crippen LogP contribution in [0.2, 0.25) is 5.02 Å². The number of halogens is 1. The molecule has 8 heteroatoms. The van der Waals surface area contributed by atoms with Gasteiger partial charge in [-0.2, -0.15) is 5.26 Å². The second-order valence-corrected chi connectivity index (χ2v) is 10.2. The molecule has 2 aromatic rings. The van der Waals surface area contributed by atoms with E-state index >= 15 is 0 Å². The van der Waals surface area contributed by atoms with E-state index in [1.165, 1.54) is 21.3 Å². The Morgan fingerprint density at radius 2 is 1.75 bits per heavy atom. The predicted octanol–water partition coefficient (Wildman–Crippen LogP) is 5.62. The largest absolute Gasteiger partial charge is 0.493 e. The second kappa shape index (κ2) is 9.44. The molecule has 0 fully saturated rings. The average Bonchev–Trinajstić information content (AvgIpc) is 2.83. The monoisotopic (exact) mass is 507 g/mol. The summed E-state index contributed by atoms with van der Waals surface area (Å²) in [7, 11) is 4.58. The van der Waals surface area contributed by atoms with Crippen molar-refractivity contribution in [3.63, 3.8) is 0 Å². The van der Waals surface area contributed by atoms with Crippen LogP contribution in [0.1, 0.15) is 43.7 Å². The van der Waals surface area contributed by atoms with Crippen LogP contribution in [0.15, 0.2) is 53.0 Å². The van der Waals surface area contributed by atoms with Crippen LogP contribution in [0.4, 0.5) is 5.69 Å². The summed E-state index contributed by atoms with van der Waals surface area (Å²) in [5.74, 6) is 0.855. The normalized spacial score (nSPS) is 19.1. The summed E-state index contributed by atoms with van der Waals surface area (Å²) in [5, 5.41) is 10.9. The van der Waals surface area contributed by atoms with Gasteiger partial charge in [0.15, 0.2) is 17.3 Å². The van der Waals surface area contributed by atoms with Gasteiger partial charge in [0.2, 0.25) is 5.75 Å². The van der Waals surface area contributed by atoms with E-state index in [0.717, 1.165) is 16.9 Å². The van der Waals surface area contributed by atoms with Gasteiger partial charge in [-0.05, 0) is 54.2 Å². The Kier molecular flexibility index (Phi) is 6.68. The van der Waals surface area contributed by atoms with Gasteiger partial charge >= 0.3 is 0 Å². The first-order valence-electron chi connectivity index (χ1n) is 11.6. The fourth-order valence-electron chi connectivity index (χ4n) is 5.22. The van der Waals surface area contributed by atoms with E-state index in [1.54, 1.807) is 18.2 Å².